The van der Waals surface area contributed by atoms with Gasteiger partial charge in [-0.1, -0.05) is 122 Å². The van der Waals surface area contributed by atoms with Crippen LogP contribution in [0.1, 0.15) is 148 Å². The second-order valence-electron chi connectivity index (χ2n) is 11.9. The summed E-state index contributed by atoms with van der Waals surface area (Å²) < 4.78 is 0. The number of fused-ring (bicyclic) bond motifs is 1. The van der Waals surface area contributed by atoms with Gasteiger partial charge in [-0.2, -0.15) is 0 Å². The molecule has 0 aromatic rings. The lowest BCUT2D eigenvalue weighted by atomic mass is 9.73. The van der Waals surface area contributed by atoms with Gasteiger partial charge in [0, 0.05) is 0 Å². The van der Waals surface area contributed by atoms with Crippen molar-refractivity contribution in [2.45, 2.75) is 148 Å². The van der Waals surface area contributed by atoms with Crippen molar-refractivity contribution in [1.82, 2.24) is 0 Å². The van der Waals surface area contributed by atoms with Crippen LogP contribution in [0.5, 0.6) is 0 Å². The predicted molar refractivity (Wildman–Crippen MR) is 127 cm³/mol. The first-order valence-electron chi connectivity index (χ1n) is 14.4. The molecule has 29 heavy (non-hydrogen) atoms. The van der Waals surface area contributed by atoms with Crippen molar-refractivity contribution in [3.05, 3.63) is 0 Å². The van der Waals surface area contributed by atoms with Crippen molar-refractivity contribution in [2.24, 2.45) is 35.5 Å². The molecule has 0 saturated heterocycles. The molecule has 0 spiro atoms. The zero-order valence-corrected chi connectivity index (χ0v) is 19.7. The molecule has 5 aliphatic rings. The van der Waals surface area contributed by atoms with Crippen LogP contribution in [0.25, 0.3) is 0 Å². The number of rotatable bonds is 2. The molecular formula is C29H52. The largest absolute Gasteiger partial charge is 0.0533 e. The monoisotopic (exact) mass is 400 g/mol. The van der Waals surface area contributed by atoms with Crippen molar-refractivity contribution < 1.29 is 0 Å². The fraction of sp³-hybridized carbons (Fsp3) is 1.00. The zero-order chi connectivity index (χ0) is 19.7. The van der Waals surface area contributed by atoms with E-state index in [2.05, 4.69) is 0 Å². The van der Waals surface area contributed by atoms with Crippen molar-refractivity contribution in [3.63, 3.8) is 0 Å². The van der Waals surface area contributed by atoms with Crippen molar-refractivity contribution in [3.8, 4) is 0 Å². The maximum Gasteiger partial charge on any atom is -0.0352 e. The van der Waals surface area contributed by atoms with Gasteiger partial charge in [0.05, 0.1) is 0 Å². The average Bonchev–Trinajstić information content (AvgIpc) is 3.40. The van der Waals surface area contributed by atoms with E-state index in [4.69, 9.17) is 0 Å². The molecule has 4 atom stereocenters. The summed E-state index contributed by atoms with van der Waals surface area (Å²) in [6.45, 7) is 0. The van der Waals surface area contributed by atoms with E-state index in [9.17, 15) is 0 Å². The average molecular weight is 401 g/mol. The van der Waals surface area contributed by atoms with Crippen LogP contribution in [-0.2, 0) is 0 Å². The van der Waals surface area contributed by atoms with E-state index < -0.39 is 0 Å². The molecule has 5 aliphatic carbocycles. The van der Waals surface area contributed by atoms with Crippen LogP contribution in [0.15, 0.2) is 0 Å². The molecule has 0 aromatic carbocycles. The van der Waals surface area contributed by atoms with Gasteiger partial charge in [0.2, 0.25) is 0 Å². The predicted octanol–water partition coefficient (Wildman–Crippen LogP) is 9.71. The lowest BCUT2D eigenvalue weighted by Gasteiger charge is -2.33. The Labute approximate surface area is 183 Å². The van der Waals surface area contributed by atoms with E-state index in [-0.39, 0.29) is 0 Å². The Bertz CT molecular complexity index is 399. The van der Waals surface area contributed by atoms with E-state index >= 15 is 0 Å². The summed E-state index contributed by atoms with van der Waals surface area (Å²) in [4.78, 5) is 0. The summed E-state index contributed by atoms with van der Waals surface area (Å²) >= 11 is 0. The van der Waals surface area contributed by atoms with Crippen LogP contribution in [0, 0.1) is 35.5 Å². The summed E-state index contributed by atoms with van der Waals surface area (Å²) in [6, 6.07) is 0. The summed E-state index contributed by atoms with van der Waals surface area (Å²) in [7, 11) is 0. The first kappa shape index (κ1) is 22.2. The first-order valence-corrected chi connectivity index (χ1v) is 14.4. The molecule has 5 fully saturated rings. The quantitative estimate of drug-likeness (QED) is 0.432. The Morgan fingerprint density at radius 2 is 0.690 bits per heavy atom. The fourth-order valence-electron chi connectivity index (χ4n) is 8.41. The smallest absolute Gasteiger partial charge is 0.0352 e. The number of hydrogen-bond acceptors (Lipinski definition) is 0. The SMILES string of the molecule is C1CCC(C2CC3CCC(C4CCCCC4)C3C2)CC1.C1CCCCCCCC1. The normalized spacial score (nSPS) is 37.7. The molecule has 4 unspecified atom stereocenters. The summed E-state index contributed by atoms with van der Waals surface area (Å²) in [5.41, 5.74) is 0. The fourth-order valence-corrected chi connectivity index (χ4v) is 8.41. The van der Waals surface area contributed by atoms with E-state index in [1.165, 1.54) is 76.5 Å². The Balaban J connectivity index is 0.000000192. The molecule has 168 valence electrons. The van der Waals surface area contributed by atoms with Gasteiger partial charge < -0.3 is 0 Å². The second kappa shape index (κ2) is 12.1. The molecule has 0 bridgehead atoms. The van der Waals surface area contributed by atoms with Gasteiger partial charge in [-0.25, -0.2) is 0 Å². The molecule has 5 saturated carbocycles. The molecule has 5 rings (SSSR count). The lowest BCUT2D eigenvalue weighted by molar-refractivity contribution is 0.178. The van der Waals surface area contributed by atoms with Crippen molar-refractivity contribution >= 4 is 0 Å². The van der Waals surface area contributed by atoms with Gasteiger partial charge >= 0.3 is 0 Å². The topological polar surface area (TPSA) is 0 Å². The van der Waals surface area contributed by atoms with Gasteiger partial charge in [0.25, 0.3) is 0 Å². The van der Waals surface area contributed by atoms with Gasteiger partial charge in [0.1, 0.15) is 0 Å². The molecule has 0 heteroatoms. The van der Waals surface area contributed by atoms with E-state index in [1.54, 1.807) is 77.0 Å². The third kappa shape index (κ3) is 6.49. The Kier molecular flexibility index (Phi) is 9.30. The Morgan fingerprint density at radius 3 is 1.21 bits per heavy atom. The molecule has 0 heterocycles. The minimum absolute atomic E-state index is 1.14. The first-order chi connectivity index (χ1) is 14.4. The van der Waals surface area contributed by atoms with Crippen LogP contribution in [-0.4, -0.2) is 0 Å². The highest BCUT2D eigenvalue weighted by molar-refractivity contribution is 4.97. The van der Waals surface area contributed by atoms with Gasteiger partial charge in [0.15, 0.2) is 0 Å². The van der Waals surface area contributed by atoms with Gasteiger partial charge in [-0.3, -0.25) is 0 Å². The van der Waals surface area contributed by atoms with E-state index in [1.807, 2.05) is 0 Å². The maximum atomic E-state index is 1.65. The molecule has 0 aromatic heterocycles. The standard InChI is InChI=1S/C20H34.C9H18/c1-3-7-15(8-4-1)18-13-17-11-12-19(20(17)14-18)16-9-5-2-6-10-16;1-2-4-6-8-9-7-5-3-1/h15-20H,1-14H2;1-9H2. The summed E-state index contributed by atoms with van der Waals surface area (Å²) in [5, 5.41) is 0. The highest BCUT2D eigenvalue weighted by Crippen LogP contribution is 2.56. The molecular weight excluding hydrogens is 348 g/mol. The minimum Gasteiger partial charge on any atom is -0.0533 e. The third-order valence-electron chi connectivity index (χ3n) is 10.0. The minimum atomic E-state index is 1.14. The van der Waals surface area contributed by atoms with E-state index in [0.717, 1.165) is 29.6 Å². The van der Waals surface area contributed by atoms with Crippen LogP contribution >= 0.6 is 0 Å². The van der Waals surface area contributed by atoms with E-state index in [0.29, 0.717) is 0 Å². The molecule has 0 amide bonds. The number of hydrogen-bond donors (Lipinski definition) is 0. The third-order valence-corrected chi connectivity index (χ3v) is 10.0. The van der Waals surface area contributed by atoms with Crippen LogP contribution in [0.3, 0.4) is 0 Å². The summed E-state index contributed by atoms with van der Waals surface area (Å²) in [5.74, 6) is 6.93. The highest BCUT2D eigenvalue weighted by atomic mass is 14.5. The molecule has 0 N–H and O–H groups in total. The van der Waals surface area contributed by atoms with Gasteiger partial charge in [-0.15, -0.1) is 0 Å². The Hall–Kier alpha value is 0. The van der Waals surface area contributed by atoms with Crippen LogP contribution in [0.4, 0.5) is 0 Å². The van der Waals surface area contributed by atoms with Crippen LogP contribution < -0.4 is 0 Å². The van der Waals surface area contributed by atoms with Crippen LogP contribution in [0.2, 0.25) is 0 Å². The van der Waals surface area contributed by atoms with Crippen molar-refractivity contribution in [2.75, 3.05) is 0 Å². The molecule has 0 nitrogen and oxygen atoms in total. The Morgan fingerprint density at radius 1 is 0.241 bits per heavy atom. The lowest BCUT2D eigenvalue weighted by Crippen LogP contribution is -2.23. The zero-order valence-electron chi connectivity index (χ0n) is 19.7. The van der Waals surface area contributed by atoms with Crippen molar-refractivity contribution in [1.29, 1.82) is 0 Å². The molecule has 0 aliphatic heterocycles. The molecule has 0 radical (unpaired) electrons. The van der Waals surface area contributed by atoms with Gasteiger partial charge in [-0.05, 0) is 61.2 Å². The highest BCUT2D eigenvalue weighted by Gasteiger charge is 2.47. The second-order valence-corrected chi connectivity index (χ2v) is 11.9. The maximum absolute atomic E-state index is 1.65. The summed E-state index contributed by atoms with van der Waals surface area (Å²) in [6.07, 6.45) is 35.6.